The maximum atomic E-state index is 13.0. The molecule has 3 fully saturated rings. The molecule has 3 aliphatic carbocycles. The van der Waals surface area contributed by atoms with Crippen molar-refractivity contribution < 1.29 is 38.4 Å². The molecule has 0 aromatic carbocycles. The summed E-state index contributed by atoms with van der Waals surface area (Å²) >= 11 is 0. The van der Waals surface area contributed by atoms with Gasteiger partial charge in [0.25, 0.3) is 0 Å². The Morgan fingerprint density at radius 2 is 2.00 bits per heavy atom. The van der Waals surface area contributed by atoms with Crippen LogP contribution < -0.4 is 0 Å². The summed E-state index contributed by atoms with van der Waals surface area (Å²) in [6.45, 7) is 8.61. The van der Waals surface area contributed by atoms with Crippen LogP contribution in [0.2, 0.25) is 0 Å². The summed E-state index contributed by atoms with van der Waals surface area (Å²) in [4.78, 5) is 37.6. The summed E-state index contributed by atoms with van der Waals surface area (Å²) in [6, 6.07) is 0. The molecule has 3 aliphatic heterocycles. The Labute approximate surface area is 204 Å². The summed E-state index contributed by atoms with van der Waals surface area (Å²) in [5.74, 6) is -1.29. The van der Waals surface area contributed by atoms with Crippen LogP contribution in [0, 0.1) is 34.0 Å². The van der Waals surface area contributed by atoms with E-state index in [1.807, 2.05) is 19.9 Å². The van der Waals surface area contributed by atoms with Crippen molar-refractivity contribution in [3.63, 3.8) is 0 Å². The van der Waals surface area contributed by atoms with E-state index in [0.717, 1.165) is 11.1 Å². The van der Waals surface area contributed by atoms with E-state index in [1.54, 1.807) is 6.08 Å². The van der Waals surface area contributed by atoms with Crippen molar-refractivity contribution in [2.24, 2.45) is 34.0 Å². The molecule has 188 valence electrons. The first-order chi connectivity index (χ1) is 16.5. The number of fused-ring (bicyclic) bond motifs is 4. The van der Waals surface area contributed by atoms with E-state index in [0.29, 0.717) is 18.6 Å². The number of cyclic esters (lactones) is 1. The molecule has 0 bridgehead atoms. The van der Waals surface area contributed by atoms with E-state index in [2.05, 4.69) is 13.8 Å². The van der Waals surface area contributed by atoms with Gasteiger partial charge in [-0.05, 0) is 43.3 Å². The molecule has 1 N–H and O–H groups in total. The monoisotopic (exact) mass is 484 g/mol. The van der Waals surface area contributed by atoms with Gasteiger partial charge in [-0.15, -0.1) is 0 Å². The Morgan fingerprint density at radius 1 is 1.26 bits per heavy atom. The molecule has 3 heterocycles. The lowest BCUT2D eigenvalue weighted by molar-refractivity contribution is -0.178. The third-order valence-electron chi connectivity index (χ3n) is 10.2. The number of esters is 2. The Morgan fingerprint density at radius 3 is 2.66 bits per heavy atom. The molecule has 1 unspecified atom stereocenters. The van der Waals surface area contributed by atoms with Crippen molar-refractivity contribution in [3.8, 4) is 0 Å². The van der Waals surface area contributed by atoms with Crippen LogP contribution in [0.5, 0.6) is 0 Å². The van der Waals surface area contributed by atoms with Crippen LogP contribution in [0.25, 0.3) is 0 Å². The second-order valence-corrected chi connectivity index (χ2v) is 11.7. The van der Waals surface area contributed by atoms with Gasteiger partial charge in [0.1, 0.15) is 0 Å². The zero-order chi connectivity index (χ0) is 25.1. The quantitative estimate of drug-likeness (QED) is 0.480. The van der Waals surface area contributed by atoms with E-state index >= 15 is 0 Å². The summed E-state index contributed by atoms with van der Waals surface area (Å²) in [6.07, 6.45) is 3.70. The van der Waals surface area contributed by atoms with Gasteiger partial charge in [0.2, 0.25) is 6.29 Å². The van der Waals surface area contributed by atoms with Gasteiger partial charge in [-0.3, -0.25) is 9.59 Å². The molecular formula is C27H32O8. The maximum Gasteiger partial charge on any atom is 0.333 e. The zero-order valence-electron chi connectivity index (χ0n) is 20.7. The SMILES string of the molecule is COC(=O)C[C@@H]1[C@@]2(C)C=CC(=O)[C@@]3(C)CO[C@@H]([C@H]4O[C@@H]5C[C@@H](C6=CC(=O)OC6O)C(C)=C5[C@]41C)[C@H]23. The summed E-state index contributed by atoms with van der Waals surface area (Å²) in [5.41, 5.74) is 0.952. The number of aliphatic hydroxyl groups excluding tert-OH is 1. The van der Waals surface area contributed by atoms with Crippen molar-refractivity contribution in [1.82, 2.24) is 0 Å². The minimum atomic E-state index is -1.25. The highest BCUT2D eigenvalue weighted by Gasteiger charge is 2.74. The number of rotatable bonds is 3. The summed E-state index contributed by atoms with van der Waals surface area (Å²) in [5, 5.41) is 10.3. The number of aliphatic hydroxyl groups is 1. The number of allylic oxidation sites excluding steroid dienone is 3. The molecule has 6 aliphatic rings. The van der Waals surface area contributed by atoms with Gasteiger partial charge in [-0.2, -0.15) is 0 Å². The van der Waals surface area contributed by atoms with Crippen molar-refractivity contribution in [2.75, 3.05) is 13.7 Å². The van der Waals surface area contributed by atoms with Crippen LogP contribution in [-0.2, 0) is 33.3 Å². The Hall–Kier alpha value is -2.29. The van der Waals surface area contributed by atoms with Crippen LogP contribution in [0.3, 0.4) is 0 Å². The van der Waals surface area contributed by atoms with E-state index in [4.69, 9.17) is 18.9 Å². The molecule has 0 radical (unpaired) electrons. The molecular weight excluding hydrogens is 452 g/mol. The van der Waals surface area contributed by atoms with Crippen LogP contribution in [0.4, 0.5) is 0 Å². The van der Waals surface area contributed by atoms with E-state index in [1.165, 1.54) is 13.2 Å². The average molecular weight is 485 g/mol. The van der Waals surface area contributed by atoms with Gasteiger partial charge < -0.3 is 24.1 Å². The van der Waals surface area contributed by atoms with Crippen molar-refractivity contribution >= 4 is 17.7 Å². The standard InChI is InChI=1S/C27H32O8/c1-12-13(14-9-19(30)35-24(14)31)8-15-20(12)27(4)16(10-18(29)32-5)25(2)7-6-17(28)26(3)11-33-21(22(25)26)23(27)34-15/h6-7,9,13,15-16,21-24,31H,8,10-11H2,1-5H3/t13-,15-,16-,21-,22-,23-,24?,25-,26-,27-/m1/s1. The highest BCUT2D eigenvalue weighted by atomic mass is 16.6. The fourth-order valence-corrected chi connectivity index (χ4v) is 8.76. The minimum Gasteiger partial charge on any atom is -0.469 e. The first-order valence-electron chi connectivity index (χ1n) is 12.4. The average Bonchev–Trinajstić information content (AvgIpc) is 3.51. The predicted molar refractivity (Wildman–Crippen MR) is 121 cm³/mol. The Kier molecular flexibility index (Phi) is 4.72. The number of hydrogen-bond donors (Lipinski definition) is 1. The lowest BCUT2D eigenvalue weighted by atomic mass is 9.42. The molecule has 0 aromatic rings. The van der Waals surface area contributed by atoms with Gasteiger partial charge >= 0.3 is 11.9 Å². The number of carbonyl (C=O) groups excluding carboxylic acids is 3. The molecule has 0 amide bonds. The predicted octanol–water partition coefficient (Wildman–Crippen LogP) is 2.26. The van der Waals surface area contributed by atoms with Crippen LogP contribution in [0.1, 0.15) is 40.5 Å². The van der Waals surface area contributed by atoms with E-state index in [-0.39, 0.29) is 54.2 Å². The highest BCUT2D eigenvalue weighted by Crippen LogP contribution is 2.71. The largest absolute Gasteiger partial charge is 0.469 e. The van der Waals surface area contributed by atoms with Crippen LogP contribution in [0.15, 0.2) is 34.9 Å². The third-order valence-corrected chi connectivity index (χ3v) is 10.2. The molecule has 35 heavy (non-hydrogen) atoms. The number of methoxy groups -OCH3 is 1. The van der Waals surface area contributed by atoms with Crippen molar-refractivity contribution in [1.29, 1.82) is 0 Å². The molecule has 0 aromatic heterocycles. The molecule has 0 spiro atoms. The van der Waals surface area contributed by atoms with Gasteiger partial charge in [-0.25, -0.2) is 4.79 Å². The lowest BCUT2D eigenvalue weighted by Crippen LogP contribution is -2.64. The molecule has 1 saturated carbocycles. The normalized spacial score (nSPS) is 49.5. The van der Waals surface area contributed by atoms with E-state index in [9.17, 15) is 19.5 Å². The molecule has 10 atom stereocenters. The van der Waals surface area contributed by atoms with Crippen molar-refractivity contribution in [3.05, 3.63) is 34.9 Å². The fourth-order valence-electron chi connectivity index (χ4n) is 8.76. The maximum absolute atomic E-state index is 13.0. The first-order valence-corrected chi connectivity index (χ1v) is 12.4. The Balaban J connectivity index is 1.52. The molecule has 8 heteroatoms. The number of ketones is 1. The van der Waals surface area contributed by atoms with E-state index < -0.39 is 28.5 Å². The fraction of sp³-hybridized carbons (Fsp3) is 0.667. The molecule has 2 saturated heterocycles. The second-order valence-electron chi connectivity index (χ2n) is 11.7. The smallest absolute Gasteiger partial charge is 0.333 e. The number of ether oxygens (including phenoxy) is 4. The van der Waals surface area contributed by atoms with Gasteiger partial charge in [0, 0.05) is 28.9 Å². The minimum absolute atomic E-state index is 0.0587. The Bertz CT molecular complexity index is 1130. The third kappa shape index (κ3) is 2.71. The number of hydrogen-bond acceptors (Lipinski definition) is 8. The topological polar surface area (TPSA) is 108 Å². The molecule has 8 nitrogen and oxygen atoms in total. The second kappa shape index (κ2) is 7.14. The van der Waals surface area contributed by atoms with Gasteiger partial charge in [0.05, 0.1) is 43.9 Å². The van der Waals surface area contributed by atoms with Gasteiger partial charge in [0.15, 0.2) is 5.78 Å². The van der Waals surface area contributed by atoms with Crippen molar-refractivity contribution in [2.45, 2.75) is 65.1 Å². The zero-order valence-corrected chi connectivity index (χ0v) is 20.7. The van der Waals surface area contributed by atoms with Crippen LogP contribution >= 0.6 is 0 Å². The summed E-state index contributed by atoms with van der Waals surface area (Å²) < 4.78 is 23.2. The first kappa shape index (κ1) is 23.1. The highest BCUT2D eigenvalue weighted by molar-refractivity contribution is 5.96. The number of carbonyl (C=O) groups is 3. The summed E-state index contributed by atoms with van der Waals surface area (Å²) in [7, 11) is 1.40. The van der Waals surface area contributed by atoms with Gasteiger partial charge in [-0.1, -0.05) is 25.5 Å². The van der Waals surface area contributed by atoms with Crippen LogP contribution in [-0.4, -0.2) is 61.1 Å². The lowest BCUT2D eigenvalue weighted by Gasteiger charge is -2.60. The molecule has 6 rings (SSSR count).